The molecule has 0 bridgehead atoms. The lowest BCUT2D eigenvalue weighted by molar-refractivity contribution is 0.112. The summed E-state index contributed by atoms with van der Waals surface area (Å²) in [6.07, 6.45) is 7.09. The van der Waals surface area contributed by atoms with Gasteiger partial charge in [0.25, 0.3) is 0 Å². The lowest BCUT2D eigenvalue weighted by Crippen LogP contribution is -2.19. The standard InChI is InChI=1S/C25H24FN3O/c1-15(25-28-23-8-2-16(14-30)12-24(23)29-25)17-3-5-18(6-4-17)20-10-11-27-22-9-7-19(26)13-21(20)22/h2,7-15,17-18H,3-6H2,1H3,(H,28,29). The smallest absolute Gasteiger partial charge is 0.150 e. The highest BCUT2D eigenvalue weighted by atomic mass is 19.1. The van der Waals surface area contributed by atoms with Crippen LogP contribution in [-0.2, 0) is 0 Å². The number of hydrogen-bond acceptors (Lipinski definition) is 3. The molecule has 1 aliphatic rings. The van der Waals surface area contributed by atoms with Crippen LogP contribution in [0.5, 0.6) is 0 Å². The molecular formula is C25H24FN3O. The zero-order valence-corrected chi connectivity index (χ0v) is 16.9. The predicted molar refractivity (Wildman–Crippen MR) is 116 cm³/mol. The van der Waals surface area contributed by atoms with Crippen LogP contribution in [0.1, 0.15) is 66.2 Å². The fraction of sp³-hybridized carbons (Fsp3) is 0.320. The first-order valence-corrected chi connectivity index (χ1v) is 10.6. The van der Waals surface area contributed by atoms with Gasteiger partial charge < -0.3 is 4.98 Å². The van der Waals surface area contributed by atoms with Crippen LogP contribution in [0.25, 0.3) is 21.9 Å². The Morgan fingerprint density at radius 2 is 1.87 bits per heavy atom. The number of benzene rings is 2. The highest BCUT2D eigenvalue weighted by Gasteiger charge is 2.29. The molecule has 1 unspecified atom stereocenters. The minimum Gasteiger partial charge on any atom is -0.342 e. The van der Waals surface area contributed by atoms with Crippen LogP contribution in [0.15, 0.2) is 48.7 Å². The minimum absolute atomic E-state index is 0.207. The highest BCUT2D eigenvalue weighted by molar-refractivity contribution is 5.85. The van der Waals surface area contributed by atoms with E-state index in [0.29, 0.717) is 23.3 Å². The number of nitrogens with zero attached hydrogens (tertiary/aromatic N) is 2. The highest BCUT2D eigenvalue weighted by Crippen LogP contribution is 2.42. The van der Waals surface area contributed by atoms with E-state index in [1.807, 2.05) is 18.3 Å². The normalized spacial score (nSPS) is 20.5. The summed E-state index contributed by atoms with van der Waals surface area (Å²) in [4.78, 5) is 23.6. The Kier molecular flexibility index (Phi) is 4.81. The van der Waals surface area contributed by atoms with E-state index in [-0.39, 0.29) is 5.82 Å². The number of fused-ring (bicyclic) bond motifs is 2. The van der Waals surface area contributed by atoms with Gasteiger partial charge in [-0.1, -0.05) is 6.92 Å². The van der Waals surface area contributed by atoms with Crippen LogP contribution in [0.2, 0.25) is 0 Å². The summed E-state index contributed by atoms with van der Waals surface area (Å²) in [7, 11) is 0. The van der Waals surface area contributed by atoms with Crippen molar-refractivity contribution in [1.29, 1.82) is 0 Å². The third-order valence-electron chi connectivity index (χ3n) is 6.75. The van der Waals surface area contributed by atoms with E-state index < -0.39 is 0 Å². The molecule has 0 amide bonds. The fourth-order valence-electron chi connectivity index (χ4n) is 4.99. The van der Waals surface area contributed by atoms with Crippen molar-refractivity contribution in [2.75, 3.05) is 0 Å². The second-order valence-electron chi connectivity index (χ2n) is 8.48. The zero-order chi connectivity index (χ0) is 20.7. The van der Waals surface area contributed by atoms with Gasteiger partial charge in [-0.3, -0.25) is 9.78 Å². The van der Waals surface area contributed by atoms with Crippen LogP contribution < -0.4 is 0 Å². The summed E-state index contributed by atoms with van der Waals surface area (Å²) >= 11 is 0. The summed E-state index contributed by atoms with van der Waals surface area (Å²) in [5.41, 5.74) is 4.56. The molecule has 5 rings (SSSR count). The van der Waals surface area contributed by atoms with Gasteiger partial charge in [0.15, 0.2) is 0 Å². The number of rotatable bonds is 4. The molecule has 0 spiro atoms. The molecule has 0 radical (unpaired) electrons. The van der Waals surface area contributed by atoms with Crippen molar-refractivity contribution < 1.29 is 9.18 Å². The molecule has 4 nitrogen and oxygen atoms in total. The number of hydrogen-bond donors (Lipinski definition) is 1. The van der Waals surface area contributed by atoms with Gasteiger partial charge in [0.2, 0.25) is 0 Å². The Morgan fingerprint density at radius 1 is 1.07 bits per heavy atom. The van der Waals surface area contributed by atoms with E-state index in [9.17, 15) is 9.18 Å². The van der Waals surface area contributed by atoms with Crippen molar-refractivity contribution in [3.05, 3.63) is 71.4 Å². The molecule has 0 aliphatic heterocycles. The lowest BCUT2D eigenvalue weighted by atomic mass is 9.73. The Hall–Kier alpha value is -3.08. The zero-order valence-electron chi connectivity index (χ0n) is 16.9. The summed E-state index contributed by atoms with van der Waals surface area (Å²) in [5.74, 6) is 2.10. The molecular weight excluding hydrogens is 377 g/mol. The number of pyridine rings is 1. The third-order valence-corrected chi connectivity index (χ3v) is 6.75. The number of halogens is 1. The second-order valence-corrected chi connectivity index (χ2v) is 8.48. The first-order chi connectivity index (χ1) is 14.6. The Morgan fingerprint density at radius 3 is 2.67 bits per heavy atom. The van der Waals surface area contributed by atoms with E-state index in [1.54, 1.807) is 18.2 Å². The Labute approximate surface area is 174 Å². The average molecular weight is 401 g/mol. The van der Waals surface area contributed by atoms with E-state index in [2.05, 4.69) is 23.0 Å². The van der Waals surface area contributed by atoms with E-state index in [0.717, 1.165) is 59.7 Å². The maximum Gasteiger partial charge on any atom is 0.150 e. The molecule has 5 heteroatoms. The van der Waals surface area contributed by atoms with Gasteiger partial charge >= 0.3 is 0 Å². The molecule has 2 heterocycles. The molecule has 1 N–H and O–H groups in total. The second kappa shape index (κ2) is 7.63. The van der Waals surface area contributed by atoms with Gasteiger partial charge in [-0.25, -0.2) is 9.37 Å². The number of aromatic nitrogens is 3. The largest absolute Gasteiger partial charge is 0.342 e. The fourth-order valence-corrected chi connectivity index (χ4v) is 4.99. The number of aldehydes is 1. The van der Waals surface area contributed by atoms with Crippen molar-refractivity contribution in [3.63, 3.8) is 0 Å². The van der Waals surface area contributed by atoms with Gasteiger partial charge in [-0.2, -0.15) is 0 Å². The van der Waals surface area contributed by atoms with Crippen LogP contribution in [-0.4, -0.2) is 21.2 Å². The molecule has 1 fully saturated rings. The van der Waals surface area contributed by atoms with Gasteiger partial charge in [-0.15, -0.1) is 0 Å². The maximum atomic E-state index is 13.8. The molecule has 2 aromatic carbocycles. The van der Waals surface area contributed by atoms with Crippen molar-refractivity contribution in [2.45, 2.75) is 44.4 Å². The number of aromatic amines is 1. The summed E-state index contributed by atoms with van der Waals surface area (Å²) in [6.45, 7) is 2.24. The monoisotopic (exact) mass is 401 g/mol. The number of carbonyl (C=O) groups excluding carboxylic acids is 1. The molecule has 2 aromatic heterocycles. The van der Waals surface area contributed by atoms with Crippen LogP contribution in [0, 0.1) is 11.7 Å². The summed E-state index contributed by atoms with van der Waals surface area (Å²) in [6, 6.07) is 12.5. The number of imidazole rings is 1. The van der Waals surface area contributed by atoms with Crippen molar-refractivity contribution in [1.82, 2.24) is 15.0 Å². The van der Waals surface area contributed by atoms with E-state index >= 15 is 0 Å². The maximum absolute atomic E-state index is 13.8. The van der Waals surface area contributed by atoms with Gasteiger partial charge in [0.1, 0.15) is 17.9 Å². The molecule has 1 saturated carbocycles. The molecule has 1 atom stereocenters. The van der Waals surface area contributed by atoms with E-state index in [4.69, 9.17) is 4.98 Å². The van der Waals surface area contributed by atoms with Crippen molar-refractivity contribution >= 4 is 28.2 Å². The Bertz CT molecular complexity index is 1220. The number of H-pyrrole nitrogens is 1. The van der Waals surface area contributed by atoms with Crippen LogP contribution in [0.4, 0.5) is 4.39 Å². The Balaban J connectivity index is 1.33. The molecule has 4 aromatic rings. The van der Waals surface area contributed by atoms with Crippen molar-refractivity contribution in [2.24, 2.45) is 5.92 Å². The van der Waals surface area contributed by atoms with Gasteiger partial charge in [0.05, 0.1) is 16.6 Å². The first-order valence-electron chi connectivity index (χ1n) is 10.6. The third kappa shape index (κ3) is 3.38. The van der Waals surface area contributed by atoms with Crippen molar-refractivity contribution in [3.8, 4) is 0 Å². The van der Waals surface area contributed by atoms with Crippen LogP contribution >= 0.6 is 0 Å². The average Bonchev–Trinajstić information content (AvgIpc) is 3.21. The molecule has 0 saturated heterocycles. The SMILES string of the molecule is CC(c1nc2ccc(C=O)cc2[nH]1)C1CCC(c2ccnc3ccc(F)cc23)CC1. The number of carbonyl (C=O) groups is 1. The van der Waals surface area contributed by atoms with E-state index in [1.165, 1.54) is 11.6 Å². The first kappa shape index (κ1) is 18.9. The predicted octanol–water partition coefficient (Wildman–Crippen LogP) is 6.14. The van der Waals surface area contributed by atoms with Crippen LogP contribution in [0.3, 0.4) is 0 Å². The molecule has 152 valence electrons. The number of nitrogens with one attached hydrogen (secondary N) is 1. The molecule has 1 aliphatic carbocycles. The lowest BCUT2D eigenvalue weighted by Gasteiger charge is -2.32. The molecule has 30 heavy (non-hydrogen) atoms. The van der Waals surface area contributed by atoms with Gasteiger partial charge in [-0.05, 0) is 85.5 Å². The topological polar surface area (TPSA) is 58.6 Å². The van der Waals surface area contributed by atoms with Gasteiger partial charge in [0, 0.05) is 23.1 Å². The minimum atomic E-state index is -0.207. The summed E-state index contributed by atoms with van der Waals surface area (Å²) < 4.78 is 13.8. The summed E-state index contributed by atoms with van der Waals surface area (Å²) in [5, 5.41) is 0.942. The quantitative estimate of drug-likeness (QED) is 0.418.